The summed E-state index contributed by atoms with van der Waals surface area (Å²) in [6.07, 6.45) is 5.67. The number of hydrogen-bond acceptors (Lipinski definition) is 5. The molecule has 1 fully saturated rings. The van der Waals surface area contributed by atoms with Crippen LogP contribution in [-0.4, -0.2) is 39.9 Å². The maximum Gasteiger partial charge on any atom is 0.457 e. The highest BCUT2D eigenvalue weighted by Crippen LogP contribution is 2.37. The van der Waals surface area contributed by atoms with Crippen molar-refractivity contribution in [1.29, 1.82) is 0 Å². The van der Waals surface area contributed by atoms with Crippen molar-refractivity contribution in [2.75, 3.05) is 6.54 Å². The van der Waals surface area contributed by atoms with E-state index >= 15 is 0 Å². The maximum atomic E-state index is 5.98. The summed E-state index contributed by atoms with van der Waals surface area (Å²) in [5, 5.41) is 8.28. The summed E-state index contributed by atoms with van der Waals surface area (Å²) in [7, 11) is -0.129. The Morgan fingerprint density at radius 2 is 1.86 bits per heavy atom. The lowest BCUT2D eigenvalue weighted by molar-refractivity contribution is 0.00578. The highest BCUT2D eigenvalue weighted by atomic mass is 16.7. The van der Waals surface area contributed by atoms with Gasteiger partial charge >= 0.3 is 7.12 Å². The summed E-state index contributed by atoms with van der Waals surface area (Å²) in [6.45, 7) is 9.83. The van der Waals surface area contributed by atoms with Gasteiger partial charge in [-0.3, -0.25) is 4.68 Å². The molecule has 6 nitrogen and oxygen atoms in total. The van der Waals surface area contributed by atoms with Crippen LogP contribution in [0.5, 0.6) is 0 Å². The van der Waals surface area contributed by atoms with E-state index in [-0.39, 0.29) is 18.3 Å². The van der Waals surface area contributed by atoms with Crippen LogP contribution < -0.4 is 5.73 Å². The molecule has 1 aromatic heterocycles. The number of nitrogens with zero attached hydrogens (tertiary/aromatic N) is 3. The molecule has 2 heterocycles. The van der Waals surface area contributed by atoms with Crippen molar-refractivity contribution in [3.05, 3.63) is 11.9 Å². The van der Waals surface area contributed by atoms with Crippen LogP contribution in [0.3, 0.4) is 0 Å². The van der Waals surface area contributed by atoms with Crippen LogP contribution in [0.1, 0.15) is 46.2 Å². The predicted octanol–water partition coefficient (Wildman–Crippen LogP) is 1.65. The zero-order valence-electron chi connectivity index (χ0n) is 13.6. The Morgan fingerprint density at radius 3 is 2.48 bits per heavy atom. The summed E-state index contributed by atoms with van der Waals surface area (Å²) in [5.41, 5.74) is 6.01. The largest absolute Gasteiger partial charge is 0.457 e. The molecule has 0 radical (unpaired) electrons. The lowest BCUT2D eigenvalue weighted by atomic mass is 9.83. The molecule has 0 atom stereocenters. The predicted molar refractivity (Wildman–Crippen MR) is 82.9 cm³/mol. The third kappa shape index (κ3) is 4.05. The first-order chi connectivity index (χ1) is 9.84. The molecular formula is C14H27BN4O2. The van der Waals surface area contributed by atoms with E-state index in [2.05, 4.69) is 38.0 Å². The van der Waals surface area contributed by atoms with E-state index in [0.717, 1.165) is 37.8 Å². The topological polar surface area (TPSA) is 75.2 Å². The fourth-order valence-electron chi connectivity index (χ4n) is 2.35. The van der Waals surface area contributed by atoms with Gasteiger partial charge in [-0.05, 0) is 59.8 Å². The maximum absolute atomic E-state index is 5.98. The van der Waals surface area contributed by atoms with E-state index in [9.17, 15) is 0 Å². The minimum absolute atomic E-state index is 0.129. The quantitative estimate of drug-likeness (QED) is 0.774. The Labute approximate surface area is 127 Å². The lowest BCUT2D eigenvalue weighted by Crippen LogP contribution is -2.41. The van der Waals surface area contributed by atoms with Crippen LogP contribution in [0.25, 0.3) is 0 Å². The van der Waals surface area contributed by atoms with Gasteiger partial charge in [0.1, 0.15) is 0 Å². The third-order valence-corrected chi connectivity index (χ3v) is 4.35. The van der Waals surface area contributed by atoms with Gasteiger partial charge in [-0.2, -0.15) is 0 Å². The van der Waals surface area contributed by atoms with Crippen LogP contribution in [0.4, 0.5) is 0 Å². The molecule has 0 aromatic carbocycles. The number of nitrogens with two attached hydrogens (primary N) is 1. The Balaban J connectivity index is 1.74. The molecule has 0 bridgehead atoms. The molecule has 2 rings (SSSR count). The van der Waals surface area contributed by atoms with Crippen molar-refractivity contribution in [1.82, 2.24) is 15.0 Å². The van der Waals surface area contributed by atoms with Gasteiger partial charge in [0.05, 0.1) is 16.9 Å². The molecule has 7 heteroatoms. The van der Waals surface area contributed by atoms with E-state index in [4.69, 9.17) is 15.0 Å². The van der Waals surface area contributed by atoms with Gasteiger partial charge < -0.3 is 15.0 Å². The van der Waals surface area contributed by atoms with E-state index < -0.39 is 0 Å². The first-order valence-electron chi connectivity index (χ1n) is 7.79. The minimum atomic E-state index is -0.250. The monoisotopic (exact) mass is 294 g/mol. The summed E-state index contributed by atoms with van der Waals surface area (Å²) < 4.78 is 13.8. The van der Waals surface area contributed by atoms with Crippen LogP contribution in [0, 0.1) is 0 Å². The van der Waals surface area contributed by atoms with Gasteiger partial charge in [-0.1, -0.05) is 5.21 Å². The van der Waals surface area contributed by atoms with E-state index in [1.165, 1.54) is 0 Å². The Kier molecular flexibility index (Phi) is 5.06. The molecule has 0 saturated carbocycles. The molecule has 118 valence electrons. The van der Waals surface area contributed by atoms with E-state index in [1.54, 1.807) is 0 Å². The first-order valence-corrected chi connectivity index (χ1v) is 7.79. The van der Waals surface area contributed by atoms with Crippen molar-refractivity contribution in [2.45, 2.75) is 71.0 Å². The standard InChI is InChI=1S/C14H27BN4O2/c1-13(2)14(3,4)21-15(20-13)8-6-10-19-11-12(17-18-19)7-5-9-16/h11H,5-10,16H2,1-4H3. The fraction of sp³-hybridized carbons (Fsp3) is 0.857. The second-order valence-corrected chi connectivity index (χ2v) is 6.69. The zero-order chi connectivity index (χ0) is 15.5. The number of aromatic nitrogens is 3. The summed E-state index contributed by atoms with van der Waals surface area (Å²) in [6, 6.07) is 0. The van der Waals surface area contributed by atoms with Gasteiger partial charge in [0, 0.05) is 12.7 Å². The summed E-state index contributed by atoms with van der Waals surface area (Å²) in [5.74, 6) is 0. The molecule has 1 aromatic rings. The Morgan fingerprint density at radius 1 is 1.19 bits per heavy atom. The fourth-order valence-corrected chi connectivity index (χ4v) is 2.35. The van der Waals surface area contributed by atoms with Crippen LogP contribution >= 0.6 is 0 Å². The Hall–Kier alpha value is -0.915. The Bertz CT molecular complexity index is 446. The molecule has 0 unspecified atom stereocenters. The van der Waals surface area contributed by atoms with E-state index in [0.29, 0.717) is 6.54 Å². The van der Waals surface area contributed by atoms with Crippen LogP contribution in [-0.2, 0) is 22.3 Å². The second-order valence-electron chi connectivity index (χ2n) is 6.69. The number of rotatable bonds is 7. The minimum Gasteiger partial charge on any atom is -0.403 e. The van der Waals surface area contributed by atoms with Crippen molar-refractivity contribution in [3.63, 3.8) is 0 Å². The molecule has 1 saturated heterocycles. The number of aryl methyl sites for hydroxylation is 2. The van der Waals surface area contributed by atoms with Gasteiger partial charge in [-0.15, -0.1) is 5.10 Å². The highest BCUT2D eigenvalue weighted by Gasteiger charge is 2.50. The molecule has 0 spiro atoms. The number of hydrogen-bond donors (Lipinski definition) is 1. The lowest BCUT2D eigenvalue weighted by Gasteiger charge is -2.32. The first kappa shape index (κ1) is 16.5. The van der Waals surface area contributed by atoms with Crippen molar-refractivity contribution in [2.24, 2.45) is 5.73 Å². The molecule has 1 aliphatic heterocycles. The normalized spacial score (nSPS) is 20.1. The van der Waals surface area contributed by atoms with Crippen molar-refractivity contribution >= 4 is 7.12 Å². The van der Waals surface area contributed by atoms with Crippen LogP contribution in [0.15, 0.2) is 6.20 Å². The molecular weight excluding hydrogens is 267 g/mol. The SMILES string of the molecule is CC1(C)OB(CCCn2cc(CCCN)nn2)OC1(C)C. The highest BCUT2D eigenvalue weighted by molar-refractivity contribution is 6.45. The average molecular weight is 294 g/mol. The smallest absolute Gasteiger partial charge is 0.403 e. The molecule has 2 N–H and O–H groups in total. The average Bonchev–Trinajstić information content (AvgIpc) is 2.90. The second kappa shape index (κ2) is 6.46. The molecule has 0 amide bonds. The van der Waals surface area contributed by atoms with Gasteiger partial charge in [0.2, 0.25) is 0 Å². The zero-order valence-corrected chi connectivity index (χ0v) is 13.6. The van der Waals surface area contributed by atoms with E-state index in [1.807, 2.05) is 10.9 Å². The van der Waals surface area contributed by atoms with Gasteiger partial charge in [-0.25, -0.2) is 0 Å². The molecule has 0 aliphatic carbocycles. The van der Waals surface area contributed by atoms with Crippen LogP contribution in [0.2, 0.25) is 6.32 Å². The third-order valence-electron chi connectivity index (χ3n) is 4.35. The van der Waals surface area contributed by atoms with Crippen molar-refractivity contribution < 1.29 is 9.31 Å². The summed E-state index contributed by atoms with van der Waals surface area (Å²) in [4.78, 5) is 0. The van der Waals surface area contributed by atoms with Gasteiger partial charge in [0.15, 0.2) is 0 Å². The summed E-state index contributed by atoms with van der Waals surface area (Å²) >= 11 is 0. The molecule has 1 aliphatic rings. The van der Waals surface area contributed by atoms with Crippen molar-refractivity contribution in [3.8, 4) is 0 Å². The molecule has 21 heavy (non-hydrogen) atoms. The van der Waals surface area contributed by atoms with Gasteiger partial charge in [0.25, 0.3) is 0 Å².